The van der Waals surface area contributed by atoms with Crippen LogP contribution < -0.4 is 10.2 Å². The second-order valence-corrected chi connectivity index (χ2v) is 4.25. The molecule has 1 unspecified atom stereocenters. The van der Waals surface area contributed by atoms with Crippen LogP contribution in [0.25, 0.3) is 0 Å². The van der Waals surface area contributed by atoms with Gasteiger partial charge >= 0.3 is 0 Å². The van der Waals surface area contributed by atoms with E-state index in [4.69, 9.17) is 11.6 Å². The molecular weight excluding hydrogens is 247 g/mol. The van der Waals surface area contributed by atoms with E-state index in [1.807, 2.05) is 0 Å². The standard InChI is InChI=1S/C11H10ClFN2O2/c1-6-11(17)15(5-10(16)14-6)9-4-7(12)2-3-8(9)13/h2-4,6H,5H2,1H3,(H,14,16). The fourth-order valence-electron chi connectivity index (χ4n) is 1.70. The number of nitrogens with zero attached hydrogens (tertiary/aromatic N) is 1. The number of piperazine rings is 1. The van der Waals surface area contributed by atoms with Gasteiger partial charge in [-0.15, -0.1) is 0 Å². The van der Waals surface area contributed by atoms with Gasteiger partial charge in [-0.2, -0.15) is 0 Å². The van der Waals surface area contributed by atoms with Crippen molar-refractivity contribution in [1.29, 1.82) is 0 Å². The van der Waals surface area contributed by atoms with Gasteiger partial charge in [-0.25, -0.2) is 4.39 Å². The van der Waals surface area contributed by atoms with Crippen molar-refractivity contribution in [2.45, 2.75) is 13.0 Å². The molecule has 1 heterocycles. The molecule has 1 fully saturated rings. The number of nitrogens with one attached hydrogen (secondary N) is 1. The molecule has 0 saturated carbocycles. The number of rotatable bonds is 1. The smallest absolute Gasteiger partial charge is 0.249 e. The molecule has 0 bridgehead atoms. The lowest BCUT2D eigenvalue weighted by molar-refractivity contribution is -0.130. The molecule has 1 saturated heterocycles. The molecule has 1 aliphatic rings. The van der Waals surface area contributed by atoms with Crippen LogP contribution in [0.5, 0.6) is 0 Å². The number of carbonyl (C=O) groups is 2. The van der Waals surface area contributed by atoms with Crippen LogP contribution in [0.2, 0.25) is 5.02 Å². The summed E-state index contributed by atoms with van der Waals surface area (Å²) in [5.41, 5.74) is 0.0317. The van der Waals surface area contributed by atoms with E-state index >= 15 is 0 Å². The quantitative estimate of drug-likeness (QED) is 0.824. The van der Waals surface area contributed by atoms with Crippen LogP contribution >= 0.6 is 11.6 Å². The number of amides is 2. The zero-order chi connectivity index (χ0) is 12.6. The Hall–Kier alpha value is -1.62. The van der Waals surface area contributed by atoms with Crippen molar-refractivity contribution in [3.8, 4) is 0 Å². The minimum absolute atomic E-state index is 0.0317. The van der Waals surface area contributed by atoms with E-state index in [1.165, 1.54) is 18.2 Å². The summed E-state index contributed by atoms with van der Waals surface area (Å²) in [6.07, 6.45) is 0. The van der Waals surface area contributed by atoms with Crippen LogP contribution in [0.3, 0.4) is 0 Å². The number of hydrogen-bond donors (Lipinski definition) is 1. The summed E-state index contributed by atoms with van der Waals surface area (Å²) in [6, 6.07) is 3.23. The van der Waals surface area contributed by atoms with Crippen LogP contribution in [0.1, 0.15) is 6.92 Å². The molecule has 4 nitrogen and oxygen atoms in total. The Morgan fingerprint density at radius 1 is 1.47 bits per heavy atom. The lowest BCUT2D eigenvalue weighted by Crippen LogP contribution is -2.57. The van der Waals surface area contributed by atoms with Gasteiger partial charge in [-0.05, 0) is 25.1 Å². The molecule has 6 heteroatoms. The van der Waals surface area contributed by atoms with Gasteiger partial charge in [0.15, 0.2) is 0 Å². The van der Waals surface area contributed by atoms with E-state index in [2.05, 4.69) is 5.32 Å². The van der Waals surface area contributed by atoms with Gasteiger partial charge in [-0.1, -0.05) is 11.6 Å². The maximum absolute atomic E-state index is 13.6. The fourth-order valence-corrected chi connectivity index (χ4v) is 1.87. The molecule has 2 rings (SSSR count). The van der Waals surface area contributed by atoms with Crippen molar-refractivity contribution in [3.63, 3.8) is 0 Å². The van der Waals surface area contributed by atoms with Crippen LogP contribution in [0, 0.1) is 5.82 Å². The van der Waals surface area contributed by atoms with Crippen LogP contribution in [-0.2, 0) is 9.59 Å². The third-order valence-corrected chi connectivity index (χ3v) is 2.75. The van der Waals surface area contributed by atoms with Crippen LogP contribution in [-0.4, -0.2) is 24.4 Å². The molecule has 0 aromatic heterocycles. The number of halogens is 2. The molecule has 1 aromatic carbocycles. The van der Waals surface area contributed by atoms with Crippen molar-refractivity contribution in [3.05, 3.63) is 29.0 Å². The zero-order valence-electron chi connectivity index (χ0n) is 9.04. The predicted octanol–water partition coefficient (Wildman–Crippen LogP) is 1.33. The Morgan fingerprint density at radius 2 is 2.18 bits per heavy atom. The summed E-state index contributed by atoms with van der Waals surface area (Å²) >= 11 is 5.75. The molecule has 1 atom stereocenters. The Morgan fingerprint density at radius 3 is 2.88 bits per heavy atom. The number of benzene rings is 1. The highest BCUT2D eigenvalue weighted by Crippen LogP contribution is 2.25. The zero-order valence-corrected chi connectivity index (χ0v) is 9.79. The fraction of sp³-hybridized carbons (Fsp3) is 0.273. The number of hydrogen-bond acceptors (Lipinski definition) is 2. The first-order valence-corrected chi connectivity index (χ1v) is 5.42. The molecule has 0 aliphatic carbocycles. The molecule has 17 heavy (non-hydrogen) atoms. The summed E-state index contributed by atoms with van der Waals surface area (Å²) < 4.78 is 13.6. The molecule has 0 spiro atoms. The summed E-state index contributed by atoms with van der Waals surface area (Å²) in [7, 11) is 0. The average Bonchev–Trinajstić information content (AvgIpc) is 2.27. The summed E-state index contributed by atoms with van der Waals surface area (Å²) in [4.78, 5) is 24.3. The van der Waals surface area contributed by atoms with Crippen LogP contribution in [0.15, 0.2) is 18.2 Å². The van der Waals surface area contributed by atoms with Gasteiger partial charge < -0.3 is 5.32 Å². The van der Waals surface area contributed by atoms with E-state index in [9.17, 15) is 14.0 Å². The minimum Gasteiger partial charge on any atom is -0.343 e. The third-order valence-electron chi connectivity index (χ3n) is 2.51. The van der Waals surface area contributed by atoms with Gasteiger partial charge in [0.2, 0.25) is 11.8 Å². The molecular formula is C11H10ClFN2O2. The molecule has 1 aromatic rings. The monoisotopic (exact) mass is 256 g/mol. The van der Waals surface area contributed by atoms with E-state index in [0.29, 0.717) is 5.02 Å². The van der Waals surface area contributed by atoms with E-state index < -0.39 is 11.9 Å². The van der Waals surface area contributed by atoms with Gasteiger partial charge in [-0.3, -0.25) is 14.5 Å². The van der Waals surface area contributed by atoms with E-state index in [0.717, 1.165) is 4.90 Å². The molecule has 1 aliphatic heterocycles. The van der Waals surface area contributed by atoms with Crippen LogP contribution in [0.4, 0.5) is 10.1 Å². The number of carbonyl (C=O) groups excluding carboxylic acids is 2. The minimum atomic E-state index is -0.658. The largest absolute Gasteiger partial charge is 0.343 e. The average molecular weight is 257 g/mol. The van der Waals surface area contributed by atoms with Gasteiger partial charge in [0.25, 0.3) is 0 Å². The first-order valence-electron chi connectivity index (χ1n) is 5.05. The van der Waals surface area contributed by atoms with Crippen molar-refractivity contribution >= 4 is 29.1 Å². The Kier molecular flexibility index (Phi) is 3.02. The summed E-state index contributed by atoms with van der Waals surface area (Å²) in [5, 5.41) is 2.79. The second-order valence-electron chi connectivity index (χ2n) is 3.81. The van der Waals surface area contributed by atoms with E-state index in [1.54, 1.807) is 6.92 Å². The van der Waals surface area contributed by atoms with Crippen molar-refractivity contribution in [1.82, 2.24) is 5.32 Å². The summed E-state index contributed by atoms with van der Waals surface area (Å²) in [6.45, 7) is 1.36. The van der Waals surface area contributed by atoms with E-state index in [-0.39, 0.29) is 24.0 Å². The highest BCUT2D eigenvalue weighted by atomic mass is 35.5. The highest BCUT2D eigenvalue weighted by Gasteiger charge is 2.31. The van der Waals surface area contributed by atoms with Gasteiger partial charge in [0, 0.05) is 5.02 Å². The highest BCUT2D eigenvalue weighted by molar-refractivity contribution is 6.31. The topological polar surface area (TPSA) is 49.4 Å². The predicted molar refractivity (Wildman–Crippen MR) is 61.4 cm³/mol. The first-order chi connectivity index (χ1) is 7.99. The maximum atomic E-state index is 13.6. The van der Waals surface area contributed by atoms with Crippen molar-refractivity contribution in [2.75, 3.05) is 11.4 Å². The Balaban J connectivity index is 2.41. The Bertz CT molecular complexity index is 492. The lowest BCUT2D eigenvalue weighted by atomic mass is 10.2. The van der Waals surface area contributed by atoms with Gasteiger partial charge in [0.1, 0.15) is 18.4 Å². The number of anilines is 1. The Labute approximate surface area is 102 Å². The maximum Gasteiger partial charge on any atom is 0.249 e. The van der Waals surface area contributed by atoms with Crippen molar-refractivity contribution < 1.29 is 14.0 Å². The van der Waals surface area contributed by atoms with Crippen molar-refractivity contribution in [2.24, 2.45) is 0 Å². The third kappa shape index (κ3) is 2.24. The normalized spacial score (nSPS) is 20.4. The molecule has 1 N–H and O–H groups in total. The second kappa shape index (κ2) is 4.33. The molecule has 2 amide bonds. The van der Waals surface area contributed by atoms with Gasteiger partial charge in [0.05, 0.1) is 5.69 Å². The molecule has 90 valence electrons. The SMILES string of the molecule is CC1NC(=O)CN(c2cc(Cl)ccc2F)C1=O. The first kappa shape index (κ1) is 11.9. The summed E-state index contributed by atoms with van der Waals surface area (Å²) in [5.74, 6) is -1.26. The lowest BCUT2D eigenvalue weighted by Gasteiger charge is -2.31. The molecule has 0 radical (unpaired) electrons.